The van der Waals surface area contributed by atoms with E-state index in [1.54, 1.807) is 72.8 Å². The van der Waals surface area contributed by atoms with E-state index in [-0.39, 0.29) is 17.9 Å². The largest absolute Gasteiger partial charge is 0.469 e. The van der Waals surface area contributed by atoms with Crippen molar-refractivity contribution in [3.8, 4) is 0 Å². The molecule has 0 unspecified atom stereocenters. The number of nitrogens with zero attached hydrogens (tertiary/aromatic N) is 1. The number of rotatable bonds is 5. The molecular weight excluding hydrogens is 426 g/mol. The summed E-state index contributed by atoms with van der Waals surface area (Å²) in [5.74, 6) is -0.627. The number of hydrogen-bond acceptors (Lipinski definition) is 5. The normalized spacial score (nSPS) is 21.0. The molecule has 1 N–H and O–H groups in total. The van der Waals surface area contributed by atoms with E-state index < -0.39 is 27.6 Å². The summed E-state index contributed by atoms with van der Waals surface area (Å²) < 4.78 is 33.8. The summed E-state index contributed by atoms with van der Waals surface area (Å²) in [4.78, 5) is 12.5. The average molecular weight is 452 g/mol. The maximum atomic E-state index is 13.8. The second kappa shape index (κ2) is 8.50. The summed E-state index contributed by atoms with van der Waals surface area (Å²) in [6.45, 7) is 1.95. The van der Waals surface area contributed by atoms with Crippen LogP contribution in [0.2, 0.25) is 0 Å². The van der Waals surface area contributed by atoms with Crippen molar-refractivity contribution in [3.63, 3.8) is 0 Å². The molecule has 0 radical (unpaired) electrons. The Hall–Kier alpha value is -3.00. The maximum absolute atomic E-state index is 13.8. The van der Waals surface area contributed by atoms with Crippen LogP contribution in [0.15, 0.2) is 83.8 Å². The minimum atomic E-state index is -4.01. The van der Waals surface area contributed by atoms with Crippen LogP contribution in [0.3, 0.4) is 0 Å². The lowest BCUT2D eigenvalue weighted by Gasteiger charge is -2.47. The number of methoxy groups -OCH3 is 1. The van der Waals surface area contributed by atoms with Crippen molar-refractivity contribution in [2.75, 3.05) is 7.11 Å². The SMILES string of the molecule is COC(=O)C[C@@]1(O)c2ccccc2CN(S(=O)(=O)c2ccc(C)cc2)[C@@H]1c1ccccc1. The zero-order valence-corrected chi connectivity index (χ0v) is 18.7. The second-order valence-corrected chi connectivity index (χ2v) is 9.90. The van der Waals surface area contributed by atoms with Crippen molar-refractivity contribution >= 4 is 16.0 Å². The number of sulfonamides is 1. The number of esters is 1. The molecule has 4 rings (SSSR count). The third kappa shape index (κ3) is 3.83. The third-order valence-corrected chi connectivity index (χ3v) is 7.76. The molecule has 0 spiro atoms. The number of aliphatic hydroxyl groups is 1. The number of benzene rings is 3. The lowest BCUT2D eigenvalue weighted by atomic mass is 9.75. The molecule has 3 aromatic carbocycles. The van der Waals surface area contributed by atoms with E-state index in [9.17, 15) is 18.3 Å². The predicted octanol–water partition coefficient (Wildman–Crippen LogP) is 3.69. The summed E-state index contributed by atoms with van der Waals surface area (Å²) in [7, 11) is -2.76. The monoisotopic (exact) mass is 451 g/mol. The van der Waals surface area contributed by atoms with Crippen LogP contribution in [0, 0.1) is 6.92 Å². The van der Waals surface area contributed by atoms with Crippen LogP contribution in [0.5, 0.6) is 0 Å². The Morgan fingerprint density at radius 3 is 2.31 bits per heavy atom. The molecule has 2 atom stereocenters. The van der Waals surface area contributed by atoms with Crippen LogP contribution in [-0.2, 0) is 31.7 Å². The molecule has 1 aliphatic heterocycles. The van der Waals surface area contributed by atoms with Crippen LogP contribution in [-0.4, -0.2) is 30.9 Å². The van der Waals surface area contributed by atoms with Crippen molar-refractivity contribution in [2.24, 2.45) is 0 Å². The molecule has 166 valence electrons. The van der Waals surface area contributed by atoms with Gasteiger partial charge in [0.15, 0.2) is 0 Å². The summed E-state index contributed by atoms with van der Waals surface area (Å²) in [5, 5.41) is 12.1. The highest BCUT2D eigenvalue weighted by Crippen LogP contribution is 2.49. The Bertz CT molecular complexity index is 1220. The van der Waals surface area contributed by atoms with E-state index in [4.69, 9.17) is 4.74 Å². The zero-order chi connectivity index (χ0) is 22.9. The van der Waals surface area contributed by atoms with E-state index >= 15 is 0 Å². The van der Waals surface area contributed by atoms with Gasteiger partial charge in [-0.05, 0) is 35.7 Å². The summed E-state index contributed by atoms with van der Waals surface area (Å²) >= 11 is 0. The molecule has 3 aromatic rings. The van der Waals surface area contributed by atoms with Crippen LogP contribution >= 0.6 is 0 Å². The molecule has 0 aromatic heterocycles. The van der Waals surface area contributed by atoms with Gasteiger partial charge in [0.05, 0.1) is 24.5 Å². The predicted molar refractivity (Wildman–Crippen MR) is 120 cm³/mol. The smallest absolute Gasteiger partial charge is 0.308 e. The van der Waals surface area contributed by atoms with E-state index in [2.05, 4.69) is 0 Å². The minimum Gasteiger partial charge on any atom is -0.469 e. The quantitative estimate of drug-likeness (QED) is 0.598. The zero-order valence-electron chi connectivity index (χ0n) is 17.9. The van der Waals surface area contributed by atoms with E-state index in [1.807, 2.05) is 13.0 Å². The van der Waals surface area contributed by atoms with Crippen molar-refractivity contribution < 1.29 is 23.1 Å². The number of fused-ring (bicyclic) bond motifs is 1. The molecule has 0 bridgehead atoms. The highest BCUT2D eigenvalue weighted by molar-refractivity contribution is 7.89. The fourth-order valence-electron chi connectivity index (χ4n) is 4.36. The summed E-state index contributed by atoms with van der Waals surface area (Å²) in [6, 6.07) is 21.6. The van der Waals surface area contributed by atoms with Gasteiger partial charge in [-0.15, -0.1) is 0 Å². The Kier molecular flexibility index (Phi) is 5.90. The van der Waals surface area contributed by atoms with Gasteiger partial charge in [-0.3, -0.25) is 4.79 Å². The van der Waals surface area contributed by atoms with Gasteiger partial charge in [-0.2, -0.15) is 4.31 Å². The number of hydrogen-bond donors (Lipinski definition) is 1. The van der Waals surface area contributed by atoms with Crippen LogP contribution in [0.1, 0.15) is 34.7 Å². The van der Waals surface area contributed by atoms with Gasteiger partial charge in [0, 0.05) is 6.54 Å². The molecular formula is C25H25NO5S. The first-order valence-electron chi connectivity index (χ1n) is 10.3. The summed E-state index contributed by atoms with van der Waals surface area (Å²) in [6.07, 6.45) is -0.389. The van der Waals surface area contributed by atoms with Gasteiger partial charge in [-0.1, -0.05) is 72.3 Å². The molecule has 32 heavy (non-hydrogen) atoms. The first-order chi connectivity index (χ1) is 15.3. The van der Waals surface area contributed by atoms with Crippen molar-refractivity contribution in [3.05, 3.63) is 101 Å². The Balaban J connectivity index is 1.96. The molecule has 0 fully saturated rings. The van der Waals surface area contributed by atoms with Gasteiger partial charge in [-0.25, -0.2) is 8.42 Å². The average Bonchev–Trinajstić information content (AvgIpc) is 2.79. The highest BCUT2D eigenvalue weighted by Gasteiger charge is 2.52. The van der Waals surface area contributed by atoms with E-state index in [1.165, 1.54) is 11.4 Å². The van der Waals surface area contributed by atoms with Gasteiger partial charge in [0.2, 0.25) is 10.0 Å². The van der Waals surface area contributed by atoms with E-state index in [0.29, 0.717) is 16.7 Å². The molecule has 6 nitrogen and oxygen atoms in total. The van der Waals surface area contributed by atoms with Crippen LogP contribution in [0.25, 0.3) is 0 Å². The Morgan fingerprint density at radius 1 is 1.03 bits per heavy atom. The van der Waals surface area contributed by atoms with Crippen LogP contribution < -0.4 is 0 Å². The third-order valence-electron chi connectivity index (χ3n) is 5.93. The van der Waals surface area contributed by atoms with Gasteiger partial charge < -0.3 is 9.84 Å². The van der Waals surface area contributed by atoms with Gasteiger partial charge >= 0.3 is 5.97 Å². The second-order valence-electron chi connectivity index (χ2n) is 8.01. The molecule has 0 amide bonds. The lowest BCUT2D eigenvalue weighted by molar-refractivity contribution is -0.150. The molecule has 0 saturated carbocycles. The van der Waals surface area contributed by atoms with Gasteiger partial charge in [0.1, 0.15) is 5.60 Å². The fraction of sp³-hybridized carbons (Fsp3) is 0.240. The van der Waals surface area contributed by atoms with Crippen molar-refractivity contribution in [1.82, 2.24) is 4.31 Å². The van der Waals surface area contributed by atoms with Crippen molar-refractivity contribution in [2.45, 2.75) is 36.4 Å². The molecule has 0 aliphatic carbocycles. The Morgan fingerprint density at radius 2 is 1.66 bits per heavy atom. The first kappa shape index (κ1) is 22.2. The highest BCUT2D eigenvalue weighted by atomic mass is 32.2. The number of carbonyl (C=O) groups excluding carboxylic acids is 1. The topological polar surface area (TPSA) is 83.9 Å². The minimum absolute atomic E-state index is 0.0649. The maximum Gasteiger partial charge on any atom is 0.308 e. The molecule has 7 heteroatoms. The lowest BCUT2D eigenvalue weighted by Crippen LogP contribution is -2.51. The Labute approximate surface area is 188 Å². The summed E-state index contributed by atoms with van der Waals surface area (Å²) in [5.41, 5.74) is 0.872. The van der Waals surface area contributed by atoms with Crippen LogP contribution in [0.4, 0.5) is 0 Å². The molecule has 1 aliphatic rings. The molecule has 1 heterocycles. The van der Waals surface area contributed by atoms with Gasteiger partial charge in [0.25, 0.3) is 0 Å². The van der Waals surface area contributed by atoms with E-state index in [0.717, 1.165) is 5.56 Å². The standard InChI is InChI=1S/C25H25NO5S/c1-18-12-14-21(15-13-18)32(29,30)26-17-20-10-6-7-11-22(20)25(28,16-23(27)31-2)24(26)19-8-4-3-5-9-19/h3-15,24,28H,16-17H2,1-2H3/t24-,25-/m1/s1. The first-order valence-corrected chi connectivity index (χ1v) is 11.7. The fourth-order valence-corrected chi connectivity index (χ4v) is 5.99. The van der Waals surface area contributed by atoms with Crippen molar-refractivity contribution in [1.29, 1.82) is 0 Å². The number of aryl methyl sites for hydroxylation is 1. The number of ether oxygens (including phenoxy) is 1. The molecule has 0 saturated heterocycles. The number of carbonyl (C=O) groups is 1.